The van der Waals surface area contributed by atoms with Gasteiger partial charge < -0.3 is 10.6 Å². The van der Waals surface area contributed by atoms with Crippen molar-refractivity contribution in [3.05, 3.63) is 18.5 Å². The lowest BCUT2D eigenvalue weighted by atomic mass is 10.2. The Morgan fingerprint density at radius 1 is 1.35 bits per heavy atom. The van der Waals surface area contributed by atoms with Crippen LogP contribution in [0.4, 0.5) is 5.69 Å². The fraction of sp³-hybridized carbons (Fsp3) is 0.588. The minimum Gasteiger partial charge on any atom is -0.382 e. The van der Waals surface area contributed by atoms with E-state index in [2.05, 4.69) is 33.7 Å². The van der Waals surface area contributed by atoms with E-state index < -0.39 is 0 Å². The van der Waals surface area contributed by atoms with Crippen LogP contribution in [-0.4, -0.2) is 33.8 Å². The standard InChI is InChI=1S/C13H18N4.C4H9NO/c1-2-17-13-11(9-15-17)12(7-8-14-13)16-10-5-3-4-6-10;1-2-3-5-4-6/h7-10H,2-6H2,1H3,(H,14,16);4H,2-3H2,1H3,(H,5,6). The van der Waals surface area contributed by atoms with Gasteiger partial charge in [0.25, 0.3) is 0 Å². The molecule has 0 saturated heterocycles. The first-order valence-electron chi connectivity index (χ1n) is 8.54. The molecule has 126 valence electrons. The van der Waals surface area contributed by atoms with E-state index >= 15 is 0 Å². The first-order valence-corrected chi connectivity index (χ1v) is 8.54. The Morgan fingerprint density at radius 2 is 2.13 bits per heavy atom. The van der Waals surface area contributed by atoms with Crippen molar-refractivity contribution >= 4 is 23.1 Å². The summed E-state index contributed by atoms with van der Waals surface area (Å²) >= 11 is 0. The maximum Gasteiger partial charge on any atom is 0.207 e. The number of rotatable bonds is 6. The van der Waals surface area contributed by atoms with Gasteiger partial charge >= 0.3 is 0 Å². The van der Waals surface area contributed by atoms with E-state index in [-0.39, 0.29) is 0 Å². The fourth-order valence-electron chi connectivity index (χ4n) is 2.83. The Labute approximate surface area is 137 Å². The number of hydrogen-bond donors (Lipinski definition) is 2. The summed E-state index contributed by atoms with van der Waals surface area (Å²) in [5.41, 5.74) is 2.16. The zero-order valence-corrected chi connectivity index (χ0v) is 14.1. The Morgan fingerprint density at radius 3 is 2.74 bits per heavy atom. The monoisotopic (exact) mass is 317 g/mol. The highest BCUT2D eigenvalue weighted by atomic mass is 16.1. The van der Waals surface area contributed by atoms with Crippen molar-refractivity contribution < 1.29 is 4.79 Å². The molecule has 0 radical (unpaired) electrons. The predicted octanol–water partition coefficient (Wildman–Crippen LogP) is 2.95. The number of nitrogens with one attached hydrogen (secondary N) is 2. The van der Waals surface area contributed by atoms with Crippen molar-refractivity contribution in [3.63, 3.8) is 0 Å². The predicted molar refractivity (Wildman–Crippen MR) is 93.4 cm³/mol. The molecule has 2 aromatic heterocycles. The summed E-state index contributed by atoms with van der Waals surface area (Å²) in [6.45, 7) is 5.76. The molecule has 0 aromatic carbocycles. The summed E-state index contributed by atoms with van der Waals surface area (Å²) in [6.07, 6.45) is 10.8. The van der Waals surface area contributed by atoms with Crippen molar-refractivity contribution in [3.8, 4) is 0 Å². The third kappa shape index (κ3) is 4.68. The summed E-state index contributed by atoms with van der Waals surface area (Å²) in [7, 11) is 0. The third-order valence-corrected chi connectivity index (χ3v) is 4.03. The largest absolute Gasteiger partial charge is 0.382 e. The van der Waals surface area contributed by atoms with Gasteiger partial charge in [-0.1, -0.05) is 19.8 Å². The molecule has 1 fully saturated rings. The minimum atomic E-state index is 0.630. The van der Waals surface area contributed by atoms with E-state index in [0.717, 1.165) is 30.5 Å². The van der Waals surface area contributed by atoms with Gasteiger partial charge in [0.2, 0.25) is 6.41 Å². The zero-order chi connectivity index (χ0) is 16.5. The molecule has 1 amide bonds. The van der Waals surface area contributed by atoms with E-state index in [1.165, 1.54) is 31.4 Å². The maximum atomic E-state index is 9.45. The molecule has 2 heterocycles. The van der Waals surface area contributed by atoms with Gasteiger partial charge in [-0.05, 0) is 32.3 Å². The van der Waals surface area contributed by atoms with E-state index in [9.17, 15) is 4.79 Å². The second kappa shape index (κ2) is 9.12. The average Bonchev–Trinajstić information content (AvgIpc) is 3.23. The second-order valence-corrected chi connectivity index (χ2v) is 5.75. The number of fused-ring (bicyclic) bond motifs is 1. The summed E-state index contributed by atoms with van der Waals surface area (Å²) < 4.78 is 1.94. The third-order valence-electron chi connectivity index (χ3n) is 4.03. The fourth-order valence-corrected chi connectivity index (χ4v) is 2.83. The lowest BCUT2D eigenvalue weighted by Crippen LogP contribution is -2.14. The molecule has 2 aromatic rings. The Hall–Kier alpha value is -2.11. The van der Waals surface area contributed by atoms with Crippen molar-refractivity contribution in [2.75, 3.05) is 11.9 Å². The molecule has 1 saturated carbocycles. The van der Waals surface area contributed by atoms with Gasteiger partial charge in [-0.15, -0.1) is 0 Å². The molecule has 23 heavy (non-hydrogen) atoms. The van der Waals surface area contributed by atoms with Crippen molar-refractivity contribution in [1.29, 1.82) is 0 Å². The van der Waals surface area contributed by atoms with E-state index in [1.807, 2.05) is 24.0 Å². The number of pyridine rings is 1. The highest BCUT2D eigenvalue weighted by molar-refractivity contribution is 5.88. The molecule has 0 unspecified atom stereocenters. The Kier molecular flexibility index (Phi) is 6.84. The Bertz CT molecular complexity index is 604. The van der Waals surface area contributed by atoms with Gasteiger partial charge in [-0.25, -0.2) is 9.67 Å². The molecule has 1 aliphatic carbocycles. The summed E-state index contributed by atoms with van der Waals surface area (Å²) in [4.78, 5) is 13.9. The number of carbonyl (C=O) groups is 1. The van der Waals surface area contributed by atoms with Crippen molar-refractivity contribution in [2.45, 2.75) is 58.5 Å². The van der Waals surface area contributed by atoms with Crippen LogP contribution in [0.3, 0.4) is 0 Å². The number of carbonyl (C=O) groups excluding carboxylic acids is 1. The lowest BCUT2D eigenvalue weighted by molar-refractivity contribution is -0.109. The number of amides is 1. The number of aryl methyl sites for hydroxylation is 1. The molecule has 6 nitrogen and oxygen atoms in total. The van der Waals surface area contributed by atoms with Crippen LogP contribution < -0.4 is 10.6 Å². The average molecular weight is 317 g/mol. The molecular weight excluding hydrogens is 290 g/mol. The van der Waals surface area contributed by atoms with Crippen LogP contribution in [-0.2, 0) is 11.3 Å². The van der Waals surface area contributed by atoms with Crippen LogP contribution in [0.15, 0.2) is 18.5 Å². The first kappa shape index (κ1) is 17.2. The van der Waals surface area contributed by atoms with Crippen molar-refractivity contribution in [1.82, 2.24) is 20.1 Å². The number of hydrogen-bond acceptors (Lipinski definition) is 4. The molecule has 0 bridgehead atoms. The van der Waals surface area contributed by atoms with E-state index in [0.29, 0.717) is 12.5 Å². The van der Waals surface area contributed by atoms with Gasteiger partial charge in [-0.2, -0.15) is 5.10 Å². The highest BCUT2D eigenvalue weighted by Gasteiger charge is 2.16. The second-order valence-electron chi connectivity index (χ2n) is 5.75. The molecule has 6 heteroatoms. The van der Waals surface area contributed by atoms with Gasteiger partial charge in [0, 0.05) is 31.0 Å². The quantitative estimate of drug-likeness (QED) is 0.635. The summed E-state index contributed by atoms with van der Waals surface area (Å²) in [5, 5.41) is 11.6. The van der Waals surface area contributed by atoms with Crippen LogP contribution in [0.1, 0.15) is 46.0 Å². The number of nitrogens with zero attached hydrogens (tertiary/aromatic N) is 3. The summed E-state index contributed by atoms with van der Waals surface area (Å²) in [5.74, 6) is 0. The normalized spacial score (nSPS) is 14.3. The number of anilines is 1. The smallest absolute Gasteiger partial charge is 0.207 e. The molecule has 0 atom stereocenters. The zero-order valence-electron chi connectivity index (χ0n) is 14.1. The Balaban J connectivity index is 0.000000277. The molecular formula is C17H27N5O. The molecule has 3 rings (SSSR count). The highest BCUT2D eigenvalue weighted by Crippen LogP contribution is 2.26. The molecule has 0 aliphatic heterocycles. The van der Waals surface area contributed by atoms with Crippen LogP contribution in [0, 0.1) is 0 Å². The van der Waals surface area contributed by atoms with Crippen molar-refractivity contribution in [2.24, 2.45) is 0 Å². The van der Waals surface area contributed by atoms with Gasteiger partial charge in [0.15, 0.2) is 5.65 Å². The van der Waals surface area contributed by atoms with E-state index in [1.54, 1.807) is 0 Å². The topological polar surface area (TPSA) is 71.8 Å². The van der Waals surface area contributed by atoms with Crippen LogP contribution >= 0.6 is 0 Å². The SMILES string of the molecule is CCCNC=O.CCn1ncc2c(NC3CCCC3)ccnc21. The van der Waals surface area contributed by atoms with Gasteiger partial charge in [0.05, 0.1) is 11.6 Å². The molecule has 2 N–H and O–H groups in total. The number of aromatic nitrogens is 3. The first-order chi connectivity index (χ1) is 11.3. The van der Waals surface area contributed by atoms with E-state index in [4.69, 9.17) is 0 Å². The van der Waals surface area contributed by atoms with Crippen LogP contribution in [0.25, 0.3) is 11.0 Å². The van der Waals surface area contributed by atoms with Gasteiger partial charge in [-0.3, -0.25) is 4.79 Å². The van der Waals surface area contributed by atoms with Gasteiger partial charge in [0.1, 0.15) is 0 Å². The minimum absolute atomic E-state index is 0.630. The maximum absolute atomic E-state index is 9.45. The van der Waals surface area contributed by atoms with Crippen LogP contribution in [0.5, 0.6) is 0 Å². The lowest BCUT2D eigenvalue weighted by Gasteiger charge is -2.13. The molecule has 0 spiro atoms. The molecule has 1 aliphatic rings. The summed E-state index contributed by atoms with van der Waals surface area (Å²) in [6, 6.07) is 2.69. The van der Waals surface area contributed by atoms with Crippen LogP contribution in [0.2, 0.25) is 0 Å².